The summed E-state index contributed by atoms with van der Waals surface area (Å²) in [5.41, 5.74) is 5.35. The van der Waals surface area contributed by atoms with Crippen LogP contribution in [0, 0.1) is 5.92 Å². The number of aldehydes is 1. The van der Waals surface area contributed by atoms with E-state index in [0.29, 0.717) is 19.5 Å². The van der Waals surface area contributed by atoms with Crippen molar-refractivity contribution in [2.45, 2.75) is 38.8 Å². The van der Waals surface area contributed by atoms with Gasteiger partial charge in [0.05, 0.1) is 0 Å². The third-order valence-electron chi connectivity index (χ3n) is 2.54. The van der Waals surface area contributed by atoms with Crippen LogP contribution in [-0.4, -0.2) is 42.0 Å². The Morgan fingerprint density at radius 2 is 2.12 bits per heavy atom. The Morgan fingerprint density at radius 1 is 1.50 bits per heavy atom. The molecule has 1 amide bonds. The van der Waals surface area contributed by atoms with Crippen LogP contribution in [0.1, 0.15) is 27.2 Å². The van der Waals surface area contributed by atoms with Gasteiger partial charge >= 0.3 is 6.09 Å². The number of nitrogens with two attached hydrogens (primary N) is 1. The molecule has 0 aromatic heterocycles. The highest BCUT2D eigenvalue weighted by molar-refractivity contribution is 5.68. The normalized spacial score (nSPS) is 25.6. The summed E-state index contributed by atoms with van der Waals surface area (Å²) in [6.45, 7) is 6.44. The summed E-state index contributed by atoms with van der Waals surface area (Å²) >= 11 is 0. The van der Waals surface area contributed by atoms with E-state index in [-0.39, 0.29) is 18.1 Å². The Morgan fingerprint density at radius 3 is 2.62 bits per heavy atom. The number of likely N-dealkylation sites (tertiary alicyclic amines) is 1. The number of amides is 1. The van der Waals surface area contributed by atoms with Crippen LogP contribution in [0.3, 0.4) is 0 Å². The lowest BCUT2D eigenvalue weighted by atomic mass is 10.0. The SMILES string of the molecule is CC(C)(C)OC(=O)N1CC(N)C(CC=O)C1. The van der Waals surface area contributed by atoms with E-state index in [1.54, 1.807) is 4.90 Å². The number of hydrogen-bond acceptors (Lipinski definition) is 4. The van der Waals surface area contributed by atoms with Crippen LogP contribution in [0.15, 0.2) is 0 Å². The third kappa shape index (κ3) is 3.48. The van der Waals surface area contributed by atoms with E-state index in [2.05, 4.69) is 0 Å². The molecule has 0 aromatic carbocycles. The molecule has 5 heteroatoms. The predicted octanol–water partition coefficient (Wildman–Crippen LogP) is 0.770. The minimum Gasteiger partial charge on any atom is -0.444 e. The minimum absolute atomic E-state index is 0.0602. The van der Waals surface area contributed by atoms with Crippen LogP contribution in [0.5, 0.6) is 0 Å². The quantitative estimate of drug-likeness (QED) is 0.708. The standard InChI is InChI=1S/C11H20N2O3/c1-11(2,3)16-10(15)13-6-8(4-5-14)9(12)7-13/h5,8-9H,4,6-7,12H2,1-3H3. The van der Waals surface area contributed by atoms with Gasteiger partial charge in [-0.15, -0.1) is 0 Å². The average molecular weight is 228 g/mol. The highest BCUT2D eigenvalue weighted by Gasteiger charge is 2.34. The molecule has 1 aliphatic heterocycles. The molecule has 1 aliphatic rings. The van der Waals surface area contributed by atoms with Gasteiger partial charge in [-0.25, -0.2) is 4.79 Å². The van der Waals surface area contributed by atoms with E-state index in [9.17, 15) is 9.59 Å². The first-order valence-corrected chi connectivity index (χ1v) is 5.50. The summed E-state index contributed by atoms with van der Waals surface area (Å²) in [6, 6.07) is -0.127. The summed E-state index contributed by atoms with van der Waals surface area (Å²) in [5, 5.41) is 0. The van der Waals surface area contributed by atoms with Crippen molar-refractivity contribution >= 4 is 12.4 Å². The van der Waals surface area contributed by atoms with E-state index >= 15 is 0 Å². The van der Waals surface area contributed by atoms with Crippen LogP contribution in [0.25, 0.3) is 0 Å². The van der Waals surface area contributed by atoms with Crippen molar-refractivity contribution in [3.63, 3.8) is 0 Å². The van der Waals surface area contributed by atoms with Gasteiger partial charge in [-0.2, -0.15) is 0 Å². The monoisotopic (exact) mass is 228 g/mol. The van der Waals surface area contributed by atoms with E-state index in [1.165, 1.54) is 0 Å². The van der Waals surface area contributed by atoms with Gasteiger partial charge in [0.15, 0.2) is 0 Å². The smallest absolute Gasteiger partial charge is 0.410 e. The molecule has 2 unspecified atom stereocenters. The molecule has 16 heavy (non-hydrogen) atoms. The molecule has 1 heterocycles. The van der Waals surface area contributed by atoms with E-state index in [4.69, 9.17) is 10.5 Å². The molecule has 2 N–H and O–H groups in total. The average Bonchev–Trinajstić information content (AvgIpc) is 2.46. The summed E-state index contributed by atoms with van der Waals surface area (Å²) in [4.78, 5) is 23.7. The van der Waals surface area contributed by atoms with Crippen LogP contribution < -0.4 is 5.73 Å². The number of carbonyl (C=O) groups is 2. The first-order valence-electron chi connectivity index (χ1n) is 5.50. The highest BCUT2D eigenvalue weighted by atomic mass is 16.6. The molecule has 1 fully saturated rings. The molecule has 0 spiro atoms. The van der Waals surface area contributed by atoms with Crippen LogP contribution in [0.2, 0.25) is 0 Å². The zero-order valence-corrected chi connectivity index (χ0v) is 10.1. The number of nitrogens with zero attached hydrogens (tertiary/aromatic N) is 1. The molecule has 1 rings (SSSR count). The van der Waals surface area contributed by atoms with Gasteiger partial charge in [0.1, 0.15) is 11.9 Å². The maximum Gasteiger partial charge on any atom is 0.410 e. The topological polar surface area (TPSA) is 72.6 Å². The van der Waals surface area contributed by atoms with Crippen molar-refractivity contribution in [1.82, 2.24) is 4.90 Å². The van der Waals surface area contributed by atoms with Gasteiger partial charge in [-0.3, -0.25) is 0 Å². The van der Waals surface area contributed by atoms with E-state index < -0.39 is 5.60 Å². The van der Waals surface area contributed by atoms with E-state index in [1.807, 2.05) is 20.8 Å². The van der Waals surface area contributed by atoms with Crippen LogP contribution >= 0.6 is 0 Å². The van der Waals surface area contributed by atoms with Crippen molar-refractivity contribution in [3.8, 4) is 0 Å². The molecule has 92 valence electrons. The molecule has 1 saturated heterocycles. The van der Waals surface area contributed by atoms with Gasteiger partial charge in [-0.1, -0.05) is 0 Å². The van der Waals surface area contributed by atoms with Crippen molar-refractivity contribution in [2.75, 3.05) is 13.1 Å². The molecule has 0 radical (unpaired) electrons. The molecule has 0 saturated carbocycles. The lowest BCUT2D eigenvalue weighted by Gasteiger charge is -2.24. The molecule has 0 bridgehead atoms. The largest absolute Gasteiger partial charge is 0.444 e. The summed E-state index contributed by atoms with van der Waals surface area (Å²) in [5.74, 6) is 0.0602. The number of carbonyl (C=O) groups excluding carboxylic acids is 2. The van der Waals surface area contributed by atoms with Crippen molar-refractivity contribution in [2.24, 2.45) is 11.7 Å². The molecule has 0 aromatic rings. The number of rotatable bonds is 2. The second kappa shape index (κ2) is 4.82. The molecule has 5 nitrogen and oxygen atoms in total. The summed E-state index contributed by atoms with van der Waals surface area (Å²) in [7, 11) is 0. The molecule has 2 atom stereocenters. The maximum absolute atomic E-state index is 11.7. The number of hydrogen-bond donors (Lipinski definition) is 1. The fourth-order valence-electron chi connectivity index (χ4n) is 1.75. The lowest BCUT2D eigenvalue weighted by Crippen LogP contribution is -2.36. The lowest BCUT2D eigenvalue weighted by molar-refractivity contribution is -0.108. The van der Waals surface area contributed by atoms with Gasteiger partial charge in [0, 0.05) is 31.5 Å². The Labute approximate surface area is 95.9 Å². The first kappa shape index (κ1) is 13.0. The zero-order valence-electron chi connectivity index (χ0n) is 10.1. The Bertz CT molecular complexity index is 273. The fraction of sp³-hybridized carbons (Fsp3) is 0.818. The number of ether oxygens (including phenoxy) is 1. The maximum atomic E-state index is 11.7. The minimum atomic E-state index is -0.496. The highest BCUT2D eigenvalue weighted by Crippen LogP contribution is 2.20. The summed E-state index contributed by atoms with van der Waals surface area (Å²) < 4.78 is 5.24. The van der Waals surface area contributed by atoms with Crippen molar-refractivity contribution < 1.29 is 14.3 Å². The zero-order chi connectivity index (χ0) is 12.3. The van der Waals surface area contributed by atoms with Crippen LogP contribution in [-0.2, 0) is 9.53 Å². The van der Waals surface area contributed by atoms with Gasteiger partial charge in [0.25, 0.3) is 0 Å². The molecular formula is C11H20N2O3. The van der Waals surface area contributed by atoms with Gasteiger partial charge < -0.3 is 20.2 Å². The van der Waals surface area contributed by atoms with E-state index in [0.717, 1.165) is 6.29 Å². The Balaban J connectivity index is 2.51. The molecular weight excluding hydrogens is 208 g/mol. The third-order valence-corrected chi connectivity index (χ3v) is 2.54. The Hall–Kier alpha value is -1.10. The van der Waals surface area contributed by atoms with Crippen molar-refractivity contribution in [1.29, 1.82) is 0 Å². The fourth-order valence-corrected chi connectivity index (χ4v) is 1.75. The van der Waals surface area contributed by atoms with Gasteiger partial charge in [0.2, 0.25) is 0 Å². The second-order valence-corrected chi connectivity index (χ2v) is 5.21. The van der Waals surface area contributed by atoms with Crippen molar-refractivity contribution in [3.05, 3.63) is 0 Å². The van der Waals surface area contributed by atoms with Crippen LogP contribution in [0.4, 0.5) is 4.79 Å². The van der Waals surface area contributed by atoms with Gasteiger partial charge in [-0.05, 0) is 20.8 Å². The second-order valence-electron chi connectivity index (χ2n) is 5.21. The summed E-state index contributed by atoms with van der Waals surface area (Å²) in [6.07, 6.45) is 0.903. The Kier molecular flexibility index (Phi) is 3.91. The first-order chi connectivity index (χ1) is 7.33. The molecule has 0 aliphatic carbocycles. The predicted molar refractivity (Wildman–Crippen MR) is 60.0 cm³/mol.